The van der Waals surface area contributed by atoms with E-state index in [1.165, 1.54) is 0 Å². The fraction of sp³-hybridized carbons (Fsp3) is 0.100. The van der Waals surface area contributed by atoms with Crippen molar-refractivity contribution < 1.29 is 4.79 Å². The molecule has 1 heterocycles. The van der Waals surface area contributed by atoms with Crippen molar-refractivity contribution in [2.45, 2.75) is 13.5 Å². The molecule has 0 saturated carbocycles. The Morgan fingerprint density at radius 2 is 1.80 bits per heavy atom. The van der Waals surface area contributed by atoms with Gasteiger partial charge in [0.15, 0.2) is 0 Å². The SMILES string of the molecule is Cc1ccccc1Nc1ccc(C(=O)NCc2ccccc2Cl)nc1. The summed E-state index contributed by atoms with van der Waals surface area (Å²) >= 11 is 6.09. The van der Waals surface area contributed by atoms with Crippen LogP contribution in [0.25, 0.3) is 0 Å². The quantitative estimate of drug-likeness (QED) is 0.699. The first-order valence-corrected chi connectivity index (χ1v) is 8.31. The minimum absolute atomic E-state index is 0.234. The van der Waals surface area contributed by atoms with Crippen LogP contribution in [0.3, 0.4) is 0 Å². The van der Waals surface area contributed by atoms with Gasteiger partial charge in [-0.25, -0.2) is 4.98 Å². The molecule has 1 amide bonds. The number of anilines is 2. The Morgan fingerprint density at radius 1 is 1.04 bits per heavy atom. The number of para-hydroxylation sites is 1. The molecule has 2 N–H and O–H groups in total. The van der Waals surface area contributed by atoms with Gasteiger partial charge in [-0.05, 0) is 42.3 Å². The summed E-state index contributed by atoms with van der Waals surface area (Å²) in [5.41, 5.74) is 4.22. The molecule has 3 rings (SSSR count). The van der Waals surface area contributed by atoms with Gasteiger partial charge >= 0.3 is 0 Å². The van der Waals surface area contributed by atoms with E-state index in [2.05, 4.69) is 15.6 Å². The van der Waals surface area contributed by atoms with Crippen LogP contribution in [0.1, 0.15) is 21.6 Å². The van der Waals surface area contributed by atoms with Gasteiger partial charge in [0.1, 0.15) is 5.69 Å². The first kappa shape index (κ1) is 17.0. The third-order valence-electron chi connectivity index (χ3n) is 3.82. The molecule has 126 valence electrons. The molecule has 0 aliphatic carbocycles. The number of carbonyl (C=O) groups is 1. The lowest BCUT2D eigenvalue weighted by Gasteiger charge is -2.10. The van der Waals surface area contributed by atoms with Gasteiger partial charge in [-0.2, -0.15) is 0 Å². The largest absolute Gasteiger partial charge is 0.354 e. The summed E-state index contributed by atoms with van der Waals surface area (Å²) in [6.45, 7) is 2.40. The van der Waals surface area contributed by atoms with E-state index in [0.717, 1.165) is 22.5 Å². The summed E-state index contributed by atoms with van der Waals surface area (Å²) in [5, 5.41) is 6.75. The van der Waals surface area contributed by atoms with Gasteiger partial charge in [-0.3, -0.25) is 4.79 Å². The molecule has 0 aliphatic rings. The number of halogens is 1. The Balaban J connectivity index is 1.63. The number of hydrogen-bond acceptors (Lipinski definition) is 3. The van der Waals surface area contributed by atoms with E-state index < -0.39 is 0 Å². The highest BCUT2D eigenvalue weighted by Gasteiger charge is 2.08. The van der Waals surface area contributed by atoms with Crippen LogP contribution in [0.2, 0.25) is 5.02 Å². The number of nitrogens with one attached hydrogen (secondary N) is 2. The summed E-state index contributed by atoms with van der Waals surface area (Å²) in [5.74, 6) is -0.234. The molecule has 0 fully saturated rings. The van der Waals surface area contributed by atoms with E-state index in [9.17, 15) is 4.79 Å². The predicted molar refractivity (Wildman–Crippen MR) is 101 cm³/mol. The van der Waals surface area contributed by atoms with Crippen molar-refractivity contribution in [3.8, 4) is 0 Å². The van der Waals surface area contributed by atoms with Gasteiger partial charge in [0, 0.05) is 17.3 Å². The monoisotopic (exact) mass is 351 g/mol. The number of rotatable bonds is 5. The highest BCUT2D eigenvalue weighted by molar-refractivity contribution is 6.31. The lowest BCUT2D eigenvalue weighted by atomic mass is 10.2. The van der Waals surface area contributed by atoms with Gasteiger partial charge in [0.2, 0.25) is 0 Å². The van der Waals surface area contributed by atoms with Crippen molar-refractivity contribution in [3.63, 3.8) is 0 Å². The average Bonchev–Trinajstić information content (AvgIpc) is 2.63. The van der Waals surface area contributed by atoms with E-state index >= 15 is 0 Å². The lowest BCUT2D eigenvalue weighted by Crippen LogP contribution is -2.23. The molecule has 0 radical (unpaired) electrons. The van der Waals surface area contributed by atoms with Crippen LogP contribution in [-0.4, -0.2) is 10.9 Å². The fourth-order valence-electron chi connectivity index (χ4n) is 2.38. The van der Waals surface area contributed by atoms with Gasteiger partial charge in [-0.15, -0.1) is 0 Å². The van der Waals surface area contributed by atoms with Crippen LogP contribution in [0.4, 0.5) is 11.4 Å². The number of nitrogens with zero attached hydrogens (tertiary/aromatic N) is 1. The molecule has 5 heteroatoms. The third kappa shape index (κ3) is 4.37. The van der Waals surface area contributed by atoms with Gasteiger partial charge in [-0.1, -0.05) is 48.0 Å². The molecule has 0 saturated heterocycles. The number of carbonyl (C=O) groups excluding carboxylic acids is 1. The van der Waals surface area contributed by atoms with Crippen molar-refractivity contribution in [3.05, 3.63) is 88.7 Å². The fourth-order valence-corrected chi connectivity index (χ4v) is 2.58. The molecule has 4 nitrogen and oxygen atoms in total. The van der Waals surface area contributed by atoms with Gasteiger partial charge in [0.25, 0.3) is 5.91 Å². The van der Waals surface area contributed by atoms with Crippen molar-refractivity contribution >= 4 is 28.9 Å². The van der Waals surface area contributed by atoms with Crippen LogP contribution in [-0.2, 0) is 6.54 Å². The van der Waals surface area contributed by atoms with Crippen LogP contribution in [0, 0.1) is 6.92 Å². The Bertz CT molecular complexity index is 878. The third-order valence-corrected chi connectivity index (χ3v) is 4.19. The van der Waals surface area contributed by atoms with Crippen molar-refractivity contribution in [1.29, 1.82) is 0 Å². The number of hydrogen-bond donors (Lipinski definition) is 2. The second kappa shape index (κ2) is 7.81. The summed E-state index contributed by atoms with van der Waals surface area (Å²) < 4.78 is 0. The second-order valence-electron chi connectivity index (χ2n) is 5.65. The maximum atomic E-state index is 12.2. The van der Waals surface area contributed by atoms with E-state index in [0.29, 0.717) is 17.3 Å². The normalized spacial score (nSPS) is 10.3. The zero-order valence-electron chi connectivity index (χ0n) is 13.8. The first-order valence-electron chi connectivity index (χ1n) is 7.94. The van der Waals surface area contributed by atoms with Crippen molar-refractivity contribution in [1.82, 2.24) is 10.3 Å². The minimum Gasteiger partial charge on any atom is -0.354 e. The average molecular weight is 352 g/mol. The standard InChI is InChI=1S/C20H18ClN3O/c1-14-6-2-5-9-18(14)24-16-10-11-19(22-13-16)20(25)23-12-15-7-3-4-8-17(15)21/h2-11,13,24H,12H2,1H3,(H,23,25). The van der Waals surface area contributed by atoms with Crippen LogP contribution in [0.5, 0.6) is 0 Å². The Kier molecular flexibility index (Phi) is 5.31. The van der Waals surface area contributed by atoms with Crippen LogP contribution < -0.4 is 10.6 Å². The first-order chi connectivity index (χ1) is 12.1. The summed E-state index contributed by atoms with van der Waals surface area (Å²) in [7, 11) is 0. The summed E-state index contributed by atoms with van der Waals surface area (Å²) in [4.78, 5) is 16.4. The predicted octanol–water partition coefficient (Wildman–Crippen LogP) is 4.72. The van der Waals surface area contributed by atoms with Gasteiger partial charge < -0.3 is 10.6 Å². The van der Waals surface area contributed by atoms with Crippen molar-refractivity contribution in [2.24, 2.45) is 0 Å². The molecule has 0 atom stereocenters. The minimum atomic E-state index is -0.234. The number of aromatic nitrogens is 1. The topological polar surface area (TPSA) is 54.0 Å². The second-order valence-corrected chi connectivity index (χ2v) is 6.05. The van der Waals surface area contributed by atoms with Crippen LogP contribution >= 0.6 is 11.6 Å². The zero-order chi connectivity index (χ0) is 17.6. The van der Waals surface area contributed by atoms with E-state index in [-0.39, 0.29) is 5.91 Å². The molecule has 0 aliphatic heterocycles. The smallest absolute Gasteiger partial charge is 0.270 e. The maximum Gasteiger partial charge on any atom is 0.270 e. The Morgan fingerprint density at radius 3 is 2.52 bits per heavy atom. The maximum absolute atomic E-state index is 12.2. The number of benzene rings is 2. The molecule has 1 aromatic heterocycles. The molecule has 0 bridgehead atoms. The van der Waals surface area contributed by atoms with Crippen LogP contribution in [0.15, 0.2) is 66.9 Å². The number of amides is 1. The Labute approximate surface area is 151 Å². The molecule has 3 aromatic rings. The molecule has 2 aromatic carbocycles. The highest BCUT2D eigenvalue weighted by Crippen LogP contribution is 2.19. The van der Waals surface area contributed by atoms with E-state index in [1.807, 2.05) is 55.5 Å². The Hall–Kier alpha value is -2.85. The molecule has 0 spiro atoms. The molecular formula is C20H18ClN3O. The summed E-state index contributed by atoms with van der Waals surface area (Å²) in [6, 6.07) is 19.0. The van der Waals surface area contributed by atoms with Gasteiger partial charge in [0.05, 0.1) is 11.9 Å². The van der Waals surface area contributed by atoms with E-state index in [1.54, 1.807) is 18.3 Å². The lowest BCUT2D eigenvalue weighted by molar-refractivity contribution is 0.0946. The molecule has 0 unspecified atom stereocenters. The summed E-state index contributed by atoms with van der Waals surface area (Å²) in [6.07, 6.45) is 1.65. The van der Waals surface area contributed by atoms with Crippen molar-refractivity contribution in [2.75, 3.05) is 5.32 Å². The zero-order valence-corrected chi connectivity index (χ0v) is 14.5. The number of pyridine rings is 1. The van der Waals surface area contributed by atoms with E-state index in [4.69, 9.17) is 11.6 Å². The number of aryl methyl sites for hydroxylation is 1. The molecular weight excluding hydrogens is 334 g/mol. The molecule has 25 heavy (non-hydrogen) atoms. The highest BCUT2D eigenvalue weighted by atomic mass is 35.5.